The highest BCUT2D eigenvalue weighted by molar-refractivity contribution is 5.72. The lowest BCUT2D eigenvalue weighted by atomic mass is 10.0. The van der Waals surface area contributed by atoms with Gasteiger partial charge in [-0.25, -0.2) is 9.97 Å². The lowest BCUT2D eigenvalue weighted by molar-refractivity contribution is -0.134. The summed E-state index contributed by atoms with van der Waals surface area (Å²) >= 11 is 0. The van der Waals surface area contributed by atoms with E-state index in [1.54, 1.807) is 12.4 Å². The van der Waals surface area contributed by atoms with Gasteiger partial charge in [-0.3, -0.25) is 14.8 Å². The van der Waals surface area contributed by atoms with E-state index in [2.05, 4.69) is 103 Å². The molecule has 3 aromatic heterocycles. The number of hydrogen-bond acceptors (Lipinski definition) is 7. The highest BCUT2D eigenvalue weighted by atomic mass is 16.5. The number of carbonyl (C=O) groups is 1. The fourth-order valence-electron chi connectivity index (χ4n) is 8.64. The van der Waals surface area contributed by atoms with Crippen LogP contribution in [0.15, 0.2) is 134 Å². The van der Waals surface area contributed by atoms with Crippen molar-refractivity contribution in [3.8, 4) is 45.3 Å². The summed E-state index contributed by atoms with van der Waals surface area (Å²) in [7, 11) is 0. The summed E-state index contributed by atoms with van der Waals surface area (Å²) in [6.45, 7) is 9.80. The van der Waals surface area contributed by atoms with Crippen LogP contribution in [0.1, 0.15) is 206 Å². The zero-order valence-corrected chi connectivity index (χ0v) is 45.7. The number of aryl methyl sites for hydroxylation is 2. The monoisotopic (exact) mass is 989 g/mol. The van der Waals surface area contributed by atoms with Crippen molar-refractivity contribution in [3.63, 3.8) is 0 Å². The molecule has 3 heterocycles. The molecule has 0 bridgehead atoms. The number of pyridine rings is 2. The number of nitrogens with zero attached hydrogens (tertiary/aromatic N) is 4. The maximum Gasteiger partial charge on any atom is 0.311 e. The SMILES string of the molecule is CCCCCCCCCCc1cnc(-c2ccc(OC(=O)CCCCCCCCC)cc2)nc1.CCCCCCCOc1ccc(-c2ccc(-c3ccc(CCCCCCC)cc3)nc2)cc1.c1ccncc1. The fraction of sp³-hybridized carbons (Fsp3) is 0.500. The molecule has 0 aliphatic heterocycles. The Morgan fingerprint density at radius 2 is 0.863 bits per heavy atom. The molecule has 7 heteroatoms. The number of hydrogen-bond donors (Lipinski definition) is 0. The molecule has 0 saturated carbocycles. The number of unbranched alkanes of at least 4 members (excludes halogenated alkanes) is 21. The highest BCUT2D eigenvalue weighted by Crippen LogP contribution is 2.26. The summed E-state index contributed by atoms with van der Waals surface area (Å²) in [6.07, 6.45) is 44.0. The number of benzene rings is 3. The van der Waals surface area contributed by atoms with E-state index in [-0.39, 0.29) is 5.97 Å². The fourth-order valence-corrected chi connectivity index (χ4v) is 8.64. The number of aromatic nitrogens is 4. The third kappa shape index (κ3) is 27.3. The van der Waals surface area contributed by atoms with Crippen molar-refractivity contribution in [2.24, 2.45) is 0 Å². The van der Waals surface area contributed by atoms with E-state index in [0.29, 0.717) is 18.0 Å². The van der Waals surface area contributed by atoms with E-state index in [1.807, 2.05) is 61.1 Å². The number of esters is 1. The van der Waals surface area contributed by atoms with Gasteiger partial charge in [0.25, 0.3) is 0 Å². The molecule has 73 heavy (non-hydrogen) atoms. The van der Waals surface area contributed by atoms with Crippen molar-refractivity contribution >= 4 is 5.97 Å². The predicted molar refractivity (Wildman–Crippen MR) is 308 cm³/mol. The molecule has 0 amide bonds. The second-order valence-corrected chi connectivity index (χ2v) is 19.6. The maximum atomic E-state index is 12.1. The molecule has 3 aromatic carbocycles. The first kappa shape index (κ1) is 59.9. The Labute approximate surface area is 442 Å². The molecule has 6 aromatic rings. The van der Waals surface area contributed by atoms with Crippen LogP contribution in [0, 0.1) is 0 Å². The Balaban J connectivity index is 0.000000283. The van der Waals surface area contributed by atoms with Crippen molar-refractivity contribution in [2.45, 2.75) is 207 Å². The first-order chi connectivity index (χ1) is 36.0. The summed E-state index contributed by atoms with van der Waals surface area (Å²) < 4.78 is 11.4. The van der Waals surface area contributed by atoms with Crippen LogP contribution in [0.25, 0.3) is 33.8 Å². The first-order valence-electron chi connectivity index (χ1n) is 28.8. The van der Waals surface area contributed by atoms with Crippen molar-refractivity contribution in [2.75, 3.05) is 6.61 Å². The van der Waals surface area contributed by atoms with Gasteiger partial charge in [0.2, 0.25) is 0 Å². The minimum Gasteiger partial charge on any atom is -0.494 e. The van der Waals surface area contributed by atoms with Crippen molar-refractivity contribution in [1.29, 1.82) is 0 Å². The minimum atomic E-state index is -0.150. The Kier molecular flexibility index (Phi) is 32.6. The van der Waals surface area contributed by atoms with Crippen LogP contribution >= 0.6 is 0 Å². The second kappa shape index (κ2) is 39.8. The standard InChI is InChI=1S/C31H41NO.C30H46N2O2.C5H5N/c1-3-5-7-9-11-13-26-14-16-28(17-15-26)31-23-20-29(25-32-31)27-18-21-30(22-19-27)33-24-12-10-8-6-4-2;1-3-5-7-9-11-13-14-16-18-26-24-31-30(32-25-26)27-20-22-28(23-21-27)34-29(33)19-17-15-12-10-8-6-4-2;1-2-4-6-5-3-1/h14-23,25H,3-13,24H2,1-2H3;20-25H,3-19H2,1-2H3;1-5H. The van der Waals surface area contributed by atoms with Gasteiger partial charge in [-0.1, -0.05) is 211 Å². The van der Waals surface area contributed by atoms with Crippen LogP contribution in [0.5, 0.6) is 11.5 Å². The van der Waals surface area contributed by atoms with E-state index in [0.717, 1.165) is 54.9 Å². The van der Waals surface area contributed by atoms with Gasteiger partial charge in [-0.2, -0.15) is 0 Å². The molecule has 0 spiro atoms. The second-order valence-electron chi connectivity index (χ2n) is 19.6. The molecule has 394 valence electrons. The molecule has 0 N–H and O–H groups in total. The zero-order valence-electron chi connectivity index (χ0n) is 45.7. The van der Waals surface area contributed by atoms with Gasteiger partial charge < -0.3 is 9.47 Å². The summed E-state index contributed by atoms with van der Waals surface area (Å²) in [5.74, 6) is 2.09. The van der Waals surface area contributed by atoms with Crippen molar-refractivity contribution in [3.05, 3.63) is 145 Å². The summed E-state index contributed by atoms with van der Waals surface area (Å²) in [5, 5.41) is 0. The summed E-state index contributed by atoms with van der Waals surface area (Å²) in [5.41, 5.74) is 8.07. The van der Waals surface area contributed by atoms with Gasteiger partial charge in [-0.15, -0.1) is 0 Å². The van der Waals surface area contributed by atoms with Gasteiger partial charge in [0.05, 0.1) is 12.3 Å². The van der Waals surface area contributed by atoms with Crippen molar-refractivity contribution < 1.29 is 14.3 Å². The molecule has 0 aliphatic carbocycles. The Morgan fingerprint density at radius 3 is 1.37 bits per heavy atom. The lowest BCUT2D eigenvalue weighted by Gasteiger charge is -2.08. The minimum absolute atomic E-state index is 0.150. The molecular weight excluding hydrogens is 897 g/mol. The third-order valence-electron chi connectivity index (χ3n) is 13.2. The van der Waals surface area contributed by atoms with Crippen LogP contribution in [-0.2, 0) is 17.6 Å². The molecule has 0 fully saturated rings. The molecule has 0 saturated heterocycles. The lowest BCUT2D eigenvalue weighted by Crippen LogP contribution is -2.07. The Morgan fingerprint density at radius 1 is 0.397 bits per heavy atom. The van der Waals surface area contributed by atoms with Crippen molar-refractivity contribution in [1.82, 2.24) is 19.9 Å². The van der Waals surface area contributed by atoms with Crippen LogP contribution in [-0.4, -0.2) is 32.5 Å². The number of carbonyl (C=O) groups excluding carboxylic acids is 1. The molecule has 0 aliphatic rings. The van der Waals surface area contributed by atoms with Gasteiger partial charge >= 0.3 is 5.97 Å². The molecule has 6 rings (SSSR count). The first-order valence-corrected chi connectivity index (χ1v) is 28.8. The highest BCUT2D eigenvalue weighted by Gasteiger charge is 2.08. The topological polar surface area (TPSA) is 87.1 Å². The maximum absolute atomic E-state index is 12.1. The molecule has 7 nitrogen and oxygen atoms in total. The molecular formula is C66H92N4O3. The van der Waals surface area contributed by atoms with E-state index in [4.69, 9.17) is 14.5 Å². The third-order valence-corrected chi connectivity index (χ3v) is 13.2. The van der Waals surface area contributed by atoms with E-state index in [9.17, 15) is 4.79 Å². The largest absolute Gasteiger partial charge is 0.494 e. The average Bonchev–Trinajstić information content (AvgIpc) is 3.44. The number of rotatable bonds is 34. The smallest absolute Gasteiger partial charge is 0.311 e. The summed E-state index contributed by atoms with van der Waals surface area (Å²) in [4.78, 5) is 29.7. The average molecular weight is 989 g/mol. The van der Waals surface area contributed by atoms with Gasteiger partial charge in [0.1, 0.15) is 11.5 Å². The van der Waals surface area contributed by atoms with Crippen LogP contribution in [0.3, 0.4) is 0 Å². The van der Waals surface area contributed by atoms with Gasteiger partial charge in [0.15, 0.2) is 5.82 Å². The molecule has 0 atom stereocenters. The van der Waals surface area contributed by atoms with E-state index >= 15 is 0 Å². The number of ether oxygens (including phenoxy) is 2. The Bertz CT molecular complexity index is 2190. The van der Waals surface area contributed by atoms with Crippen LogP contribution < -0.4 is 9.47 Å². The predicted octanol–water partition coefficient (Wildman–Crippen LogP) is 19.2. The van der Waals surface area contributed by atoms with Crippen LogP contribution in [0.4, 0.5) is 0 Å². The van der Waals surface area contributed by atoms with E-state index in [1.165, 1.54) is 170 Å². The van der Waals surface area contributed by atoms with Crippen LogP contribution in [0.2, 0.25) is 0 Å². The molecule has 0 unspecified atom stereocenters. The molecule has 0 radical (unpaired) electrons. The normalized spacial score (nSPS) is 10.7. The van der Waals surface area contributed by atoms with E-state index < -0.39 is 0 Å². The zero-order chi connectivity index (χ0) is 51.7. The van der Waals surface area contributed by atoms with Gasteiger partial charge in [-0.05, 0) is 110 Å². The summed E-state index contributed by atoms with van der Waals surface area (Å²) in [6, 6.07) is 34.8. The quantitative estimate of drug-likeness (QED) is 0.0226. The van der Waals surface area contributed by atoms with Gasteiger partial charge in [0, 0.05) is 54.1 Å². The Hall–Kier alpha value is -5.69.